The van der Waals surface area contributed by atoms with Gasteiger partial charge in [-0.1, -0.05) is 0 Å². The molecule has 1 spiro atoms. The van der Waals surface area contributed by atoms with Crippen LogP contribution in [0.4, 0.5) is 0 Å². The minimum atomic E-state index is 0.324. The Labute approximate surface area is 107 Å². The number of likely N-dealkylation sites (tertiary alicyclic amines) is 2. The first-order chi connectivity index (χ1) is 7.65. The van der Waals surface area contributed by atoms with Crippen LogP contribution in [0.25, 0.3) is 0 Å². The molecule has 1 atom stereocenters. The summed E-state index contributed by atoms with van der Waals surface area (Å²) in [5.41, 5.74) is 1.13. The van der Waals surface area contributed by atoms with Crippen molar-refractivity contribution in [2.24, 2.45) is 0 Å². The summed E-state index contributed by atoms with van der Waals surface area (Å²) in [7, 11) is 0. The average Bonchev–Trinajstić information content (AvgIpc) is 2.71. The normalized spacial score (nSPS) is 32.8. The highest BCUT2D eigenvalue weighted by Crippen LogP contribution is 2.43. The number of hydrogen-bond donors (Lipinski definition) is 0. The maximum absolute atomic E-state index is 2.78. The van der Waals surface area contributed by atoms with Gasteiger partial charge in [0.25, 0.3) is 0 Å². The molecule has 2 saturated heterocycles. The van der Waals surface area contributed by atoms with E-state index in [-0.39, 0.29) is 0 Å². The van der Waals surface area contributed by atoms with Gasteiger partial charge < -0.3 is 0 Å². The molecule has 0 aromatic heterocycles. The van der Waals surface area contributed by atoms with Crippen LogP contribution in [0.15, 0.2) is 0 Å². The fourth-order valence-corrected chi connectivity index (χ4v) is 3.84. The van der Waals surface area contributed by atoms with E-state index in [1.165, 1.54) is 38.9 Å². The van der Waals surface area contributed by atoms with Gasteiger partial charge in [0.05, 0.1) is 0 Å². The van der Waals surface area contributed by atoms with Crippen LogP contribution in [-0.4, -0.2) is 46.1 Å². The van der Waals surface area contributed by atoms with Gasteiger partial charge in [0, 0.05) is 29.7 Å². The smallest absolute Gasteiger partial charge is 0.0354 e. The van der Waals surface area contributed by atoms with E-state index in [2.05, 4.69) is 51.3 Å². The highest BCUT2D eigenvalue weighted by atomic mass is 15.3. The van der Waals surface area contributed by atoms with Gasteiger partial charge in [-0.05, 0) is 67.3 Å². The van der Waals surface area contributed by atoms with Crippen LogP contribution in [0, 0.1) is 0 Å². The third-order valence-electron chi connectivity index (χ3n) is 4.69. The molecule has 2 rings (SSSR count). The topological polar surface area (TPSA) is 6.48 Å². The van der Waals surface area contributed by atoms with Crippen LogP contribution in [-0.2, 0) is 0 Å². The van der Waals surface area contributed by atoms with Crippen molar-refractivity contribution in [1.29, 1.82) is 0 Å². The lowest BCUT2D eigenvalue weighted by Gasteiger charge is -2.45. The summed E-state index contributed by atoms with van der Waals surface area (Å²) < 4.78 is 0. The molecular formula is C15H30N2. The zero-order valence-electron chi connectivity index (χ0n) is 12.6. The van der Waals surface area contributed by atoms with Gasteiger partial charge in [0.15, 0.2) is 0 Å². The molecule has 0 aliphatic carbocycles. The van der Waals surface area contributed by atoms with Gasteiger partial charge in [-0.15, -0.1) is 0 Å². The molecule has 2 heteroatoms. The van der Waals surface area contributed by atoms with Crippen molar-refractivity contribution >= 4 is 0 Å². The average molecular weight is 238 g/mol. The van der Waals surface area contributed by atoms with Gasteiger partial charge in [0.1, 0.15) is 0 Å². The zero-order chi connectivity index (χ0) is 12.9. The maximum Gasteiger partial charge on any atom is 0.0354 e. The third-order valence-corrected chi connectivity index (χ3v) is 4.69. The molecule has 0 bridgehead atoms. The number of nitrogens with zero attached hydrogens (tertiary/aromatic N) is 2. The standard InChI is InChI=1S/C15H30N2/c1-13(2,3)16-11-9-15(12-16)8-7-10-17(15)14(4,5)6/h7-12H2,1-6H3. The Bertz CT molecular complexity index is 284. The van der Waals surface area contributed by atoms with Crippen LogP contribution >= 0.6 is 0 Å². The molecular weight excluding hydrogens is 208 g/mol. The van der Waals surface area contributed by atoms with E-state index in [4.69, 9.17) is 0 Å². The summed E-state index contributed by atoms with van der Waals surface area (Å²) in [5.74, 6) is 0. The number of hydrogen-bond acceptors (Lipinski definition) is 2. The van der Waals surface area contributed by atoms with Gasteiger partial charge in [0.2, 0.25) is 0 Å². The molecule has 0 radical (unpaired) electrons. The molecule has 2 heterocycles. The van der Waals surface area contributed by atoms with Gasteiger partial charge in [-0.2, -0.15) is 0 Å². The van der Waals surface area contributed by atoms with Gasteiger partial charge in [-0.25, -0.2) is 0 Å². The van der Waals surface area contributed by atoms with Crippen molar-refractivity contribution in [2.45, 2.75) is 77.4 Å². The Morgan fingerprint density at radius 2 is 1.47 bits per heavy atom. The summed E-state index contributed by atoms with van der Waals surface area (Å²) in [6.07, 6.45) is 4.15. The largest absolute Gasteiger partial charge is 0.297 e. The van der Waals surface area contributed by atoms with Crippen LogP contribution in [0.2, 0.25) is 0 Å². The lowest BCUT2D eigenvalue weighted by atomic mass is 9.91. The maximum atomic E-state index is 2.78. The Balaban J connectivity index is 2.16. The van der Waals surface area contributed by atoms with E-state index in [1.54, 1.807) is 0 Å². The Morgan fingerprint density at radius 3 is 1.94 bits per heavy atom. The fraction of sp³-hybridized carbons (Fsp3) is 1.00. The van der Waals surface area contributed by atoms with Crippen molar-refractivity contribution in [3.05, 3.63) is 0 Å². The quantitative estimate of drug-likeness (QED) is 0.640. The fourth-order valence-electron chi connectivity index (χ4n) is 3.84. The molecule has 17 heavy (non-hydrogen) atoms. The Morgan fingerprint density at radius 1 is 0.824 bits per heavy atom. The highest BCUT2D eigenvalue weighted by molar-refractivity contribution is 5.07. The van der Waals surface area contributed by atoms with Gasteiger partial charge in [-0.3, -0.25) is 9.80 Å². The molecule has 0 aromatic carbocycles. The van der Waals surface area contributed by atoms with E-state index in [0.29, 0.717) is 16.6 Å². The summed E-state index contributed by atoms with van der Waals surface area (Å²) in [6.45, 7) is 18.0. The first-order valence-corrected chi connectivity index (χ1v) is 7.18. The first kappa shape index (κ1) is 13.4. The van der Waals surface area contributed by atoms with Crippen molar-refractivity contribution in [1.82, 2.24) is 9.80 Å². The molecule has 2 aliphatic heterocycles. The summed E-state index contributed by atoms with van der Waals surface area (Å²) in [4.78, 5) is 5.46. The predicted octanol–water partition coefficient (Wildman–Crippen LogP) is 3.12. The zero-order valence-corrected chi connectivity index (χ0v) is 12.6. The molecule has 2 nitrogen and oxygen atoms in total. The van der Waals surface area contributed by atoms with Crippen LogP contribution < -0.4 is 0 Å². The Kier molecular flexibility index (Phi) is 3.11. The van der Waals surface area contributed by atoms with Crippen molar-refractivity contribution < 1.29 is 0 Å². The second-order valence-electron chi connectivity index (χ2n) is 7.99. The summed E-state index contributed by atoms with van der Waals surface area (Å²) >= 11 is 0. The van der Waals surface area contributed by atoms with Crippen LogP contribution in [0.5, 0.6) is 0 Å². The highest BCUT2D eigenvalue weighted by Gasteiger charge is 2.50. The molecule has 100 valence electrons. The molecule has 2 aliphatic rings. The lowest BCUT2D eigenvalue weighted by molar-refractivity contribution is 0.0391. The summed E-state index contributed by atoms with van der Waals surface area (Å²) in [6, 6.07) is 0. The molecule has 0 aromatic rings. The van der Waals surface area contributed by atoms with Crippen molar-refractivity contribution in [3.8, 4) is 0 Å². The van der Waals surface area contributed by atoms with Gasteiger partial charge >= 0.3 is 0 Å². The predicted molar refractivity (Wildman–Crippen MR) is 74.4 cm³/mol. The number of rotatable bonds is 0. The third kappa shape index (κ3) is 2.39. The SMILES string of the molecule is CC(C)(C)N1CCC2(CCCN2C(C)(C)C)C1. The summed E-state index contributed by atoms with van der Waals surface area (Å²) in [5, 5.41) is 0. The minimum Gasteiger partial charge on any atom is -0.297 e. The van der Waals surface area contributed by atoms with Crippen LogP contribution in [0.1, 0.15) is 60.8 Å². The first-order valence-electron chi connectivity index (χ1n) is 7.18. The molecule has 0 N–H and O–H groups in total. The van der Waals surface area contributed by atoms with E-state index in [0.717, 1.165) is 0 Å². The second-order valence-corrected chi connectivity index (χ2v) is 7.99. The second kappa shape index (κ2) is 3.96. The van der Waals surface area contributed by atoms with Crippen molar-refractivity contribution in [3.63, 3.8) is 0 Å². The monoisotopic (exact) mass is 238 g/mol. The van der Waals surface area contributed by atoms with E-state index >= 15 is 0 Å². The van der Waals surface area contributed by atoms with Crippen molar-refractivity contribution in [2.75, 3.05) is 19.6 Å². The van der Waals surface area contributed by atoms with E-state index in [9.17, 15) is 0 Å². The van der Waals surface area contributed by atoms with Crippen LogP contribution in [0.3, 0.4) is 0 Å². The van der Waals surface area contributed by atoms with E-state index in [1.807, 2.05) is 0 Å². The van der Waals surface area contributed by atoms with E-state index < -0.39 is 0 Å². The minimum absolute atomic E-state index is 0.324. The molecule has 1 unspecified atom stereocenters. The molecule has 0 saturated carbocycles. The lowest BCUT2D eigenvalue weighted by Crippen LogP contribution is -2.55. The molecule has 0 amide bonds. The Hall–Kier alpha value is -0.0800. The molecule has 2 fully saturated rings.